The Kier molecular flexibility index (Phi) is 3.96. The molecule has 0 unspecified atom stereocenters. The lowest BCUT2D eigenvalue weighted by Gasteiger charge is -2.21. The number of hydrogen-bond donors (Lipinski definition) is 1. The molecule has 0 amide bonds. The van der Waals surface area contributed by atoms with Crippen molar-refractivity contribution in [1.82, 2.24) is 0 Å². The molecule has 1 rings (SSSR count). The first-order valence-corrected chi connectivity index (χ1v) is 5.13. The molecule has 0 spiro atoms. The van der Waals surface area contributed by atoms with E-state index >= 15 is 0 Å². The molecule has 0 heterocycles. The molecule has 0 saturated carbocycles. The van der Waals surface area contributed by atoms with E-state index in [0.29, 0.717) is 0 Å². The van der Waals surface area contributed by atoms with E-state index in [1.807, 2.05) is 0 Å². The normalized spacial score (nSPS) is 10.3. The zero-order chi connectivity index (χ0) is 10.6. The van der Waals surface area contributed by atoms with Gasteiger partial charge in [0.2, 0.25) is 0 Å². The van der Waals surface area contributed by atoms with Crippen LogP contribution in [-0.4, -0.2) is 20.1 Å². The van der Waals surface area contributed by atoms with E-state index in [1.54, 1.807) is 0 Å². The van der Waals surface area contributed by atoms with Crippen molar-refractivity contribution < 1.29 is 0 Å². The summed E-state index contributed by atoms with van der Waals surface area (Å²) in [6, 6.07) is 6.55. The minimum atomic E-state index is 0.759. The summed E-state index contributed by atoms with van der Waals surface area (Å²) in [5, 5.41) is 0. The predicted octanol–water partition coefficient (Wildman–Crippen LogP) is 2.09. The highest BCUT2D eigenvalue weighted by Crippen LogP contribution is 2.19. The van der Waals surface area contributed by atoms with Crippen LogP contribution in [0.3, 0.4) is 0 Å². The number of nitrogens with two attached hydrogens (primary N) is 1. The average Bonchev–Trinajstić information content (AvgIpc) is 2.14. The van der Waals surface area contributed by atoms with Gasteiger partial charge in [0.25, 0.3) is 0 Å². The zero-order valence-corrected chi connectivity index (χ0v) is 9.38. The lowest BCUT2D eigenvalue weighted by atomic mass is 10.1. The van der Waals surface area contributed by atoms with Gasteiger partial charge in [0, 0.05) is 19.3 Å². The summed E-state index contributed by atoms with van der Waals surface area (Å²) in [4.78, 5) is 2.27. The summed E-state index contributed by atoms with van der Waals surface area (Å²) in [6.45, 7) is 6.06. The maximum atomic E-state index is 5.49. The first kappa shape index (κ1) is 11.1. The van der Waals surface area contributed by atoms with Gasteiger partial charge in [0.05, 0.1) is 0 Å². The van der Waals surface area contributed by atoms with Crippen molar-refractivity contribution >= 4 is 5.69 Å². The lowest BCUT2D eigenvalue weighted by molar-refractivity contribution is 0.794. The smallest absolute Gasteiger partial charge is 0.0393 e. The van der Waals surface area contributed by atoms with Crippen LogP contribution >= 0.6 is 0 Å². The number of benzene rings is 1. The van der Waals surface area contributed by atoms with Crippen LogP contribution in [0.25, 0.3) is 0 Å². The van der Waals surface area contributed by atoms with Gasteiger partial charge in [-0.1, -0.05) is 17.7 Å². The fourth-order valence-corrected chi connectivity index (χ4v) is 1.68. The quantitative estimate of drug-likeness (QED) is 0.791. The third kappa shape index (κ3) is 2.74. The van der Waals surface area contributed by atoms with Gasteiger partial charge in [-0.2, -0.15) is 0 Å². The first-order valence-electron chi connectivity index (χ1n) is 5.13. The largest absolute Gasteiger partial charge is 0.374 e. The Bertz CT molecular complexity index is 294. The third-order valence-electron chi connectivity index (χ3n) is 2.46. The van der Waals surface area contributed by atoms with Crippen molar-refractivity contribution in [3.63, 3.8) is 0 Å². The van der Waals surface area contributed by atoms with E-state index in [4.69, 9.17) is 5.73 Å². The van der Waals surface area contributed by atoms with Crippen LogP contribution in [0.2, 0.25) is 0 Å². The van der Waals surface area contributed by atoms with E-state index in [-0.39, 0.29) is 0 Å². The number of hydrogen-bond acceptors (Lipinski definition) is 2. The van der Waals surface area contributed by atoms with Crippen LogP contribution in [0, 0.1) is 13.8 Å². The fraction of sp³-hybridized carbons (Fsp3) is 0.500. The molecule has 1 aromatic carbocycles. The van der Waals surface area contributed by atoms with E-state index in [2.05, 4.69) is 44.0 Å². The molecule has 1 aromatic rings. The Hall–Kier alpha value is -1.02. The Morgan fingerprint density at radius 1 is 1.29 bits per heavy atom. The molecule has 14 heavy (non-hydrogen) atoms. The number of nitrogens with zero attached hydrogens (tertiary/aromatic N) is 1. The van der Waals surface area contributed by atoms with Crippen LogP contribution < -0.4 is 10.6 Å². The number of anilines is 1. The second-order valence-corrected chi connectivity index (χ2v) is 3.85. The van der Waals surface area contributed by atoms with Crippen molar-refractivity contribution in [2.45, 2.75) is 20.3 Å². The van der Waals surface area contributed by atoms with Gasteiger partial charge in [-0.15, -0.1) is 0 Å². The van der Waals surface area contributed by atoms with Crippen molar-refractivity contribution in [2.75, 3.05) is 25.0 Å². The van der Waals surface area contributed by atoms with Gasteiger partial charge in [-0.25, -0.2) is 0 Å². The van der Waals surface area contributed by atoms with Gasteiger partial charge in [0.15, 0.2) is 0 Å². The summed E-state index contributed by atoms with van der Waals surface area (Å²) >= 11 is 0. The summed E-state index contributed by atoms with van der Waals surface area (Å²) < 4.78 is 0. The summed E-state index contributed by atoms with van der Waals surface area (Å²) in [5.74, 6) is 0. The molecular formula is C12H20N2. The second-order valence-electron chi connectivity index (χ2n) is 3.85. The molecule has 2 N–H and O–H groups in total. The maximum absolute atomic E-state index is 5.49. The Morgan fingerprint density at radius 2 is 2.00 bits per heavy atom. The lowest BCUT2D eigenvalue weighted by Crippen LogP contribution is -2.21. The van der Waals surface area contributed by atoms with Crippen LogP contribution in [-0.2, 0) is 0 Å². The van der Waals surface area contributed by atoms with E-state index in [1.165, 1.54) is 16.8 Å². The van der Waals surface area contributed by atoms with Gasteiger partial charge in [-0.05, 0) is 38.4 Å². The minimum absolute atomic E-state index is 0.759. The highest BCUT2D eigenvalue weighted by molar-refractivity contribution is 5.53. The van der Waals surface area contributed by atoms with Crippen LogP contribution in [0.1, 0.15) is 17.5 Å². The van der Waals surface area contributed by atoms with Crippen molar-refractivity contribution in [1.29, 1.82) is 0 Å². The highest BCUT2D eigenvalue weighted by Gasteiger charge is 2.03. The van der Waals surface area contributed by atoms with Gasteiger partial charge >= 0.3 is 0 Å². The summed E-state index contributed by atoms with van der Waals surface area (Å²) in [7, 11) is 2.12. The number of rotatable bonds is 4. The van der Waals surface area contributed by atoms with Gasteiger partial charge < -0.3 is 10.6 Å². The molecule has 0 radical (unpaired) electrons. The molecule has 0 aliphatic rings. The van der Waals surface area contributed by atoms with E-state index < -0.39 is 0 Å². The number of aryl methyl sites for hydroxylation is 2. The molecule has 0 saturated heterocycles. The minimum Gasteiger partial charge on any atom is -0.374 e. The molecule has 0 atom stereocenters. The Morgan fingerprint density at radius 3 is 2.57 bits per heavy atom. The van der Waals surface area contributed by atoms with Gasteiger partial charge in [-0.3, -0.25) is 0 Å². The van der Waals surface area contributed by atoms with E-state index in [0.717, 1.165) is 19.5 Å². The van der Waals surface area contributed by atoms with Crippen molar-refractivity contribution in [3.8, 4) is 0 Å². The summed E-state index contributed by atoms with van der Waals surface area (Å²) in [5.41, 5.74) is 9.46. The Balaban J connectivity index is 2.74. The predicted molar refractivity (Wildman–Crippen MR) is 62.9 cm³/mol. The molecule has 2 nitrogen and oxygen atoms in total. The maximum Gasteiger partial charge on any atom is 0.0393 e. The molecule has 0 aliphatic carbocycles. The molecule has 0 fully saturated rings. The molecule has 0 bridgehead atoms. The van der Waals surface area contributed by atoms with E-state index in [9.17, 15) is 0 Å². The molecular weight excluding hydrogens is 172 g/mol. The molecule has 78 valence electrons. The van der Waals surface area contributed by atoms with Crippen LogP contribution in [0.5, 0.6) is 0 Å². The average molecular weight is 192 g/mol. The molecule has 0 aliphatic heterocycles. The highest BCUT2D eigenvalue weighted by atomic mass is 15.1. The Labute approximate surface area is 86.7 Å². The van der Waals surface area contributed by atoms with Crippen LogP contribution in [0.15, 0.2) is 18.2 Å². The zero-order valence-electron chi connectivity index (χ0n) is 9.38. The van der Waals surface area contributed by atoms with Gasteiger partial charge in [0.1, 0.15) is 0 Å². The monoisotopic (exact) mass is 192 g/mol. The van der Waals surface area contributed by atoms with Crippen molar-refractivity contribution in [3.05, 3.63) is 29.3 Å². The summed E-state index contributed by atoms with van der Waals surface area (Å²) in [6.07, 6.45) is 1.05. The third-order valence-corrected chi connectivity index (χ3v) is 2.46. The second kappa shape index (κ2) is 5.01. The fourth-order valence-electron chi connectivity index (χ4n) is 1.68. The first-order chi connectivity index (χ1) is 6.65. The topological polar surface area (TPSA) is 29.3 Å². The SMILES string of the molecule is Cc1ccc(N(C)CCCN)c(C)c1. The van der Waals surface area contributed by atoms with Crippen LogP contribution in [0.4, 0.5) is 5.69 Å². The molecule has 2 heteroatoms. The standard InChI is InChI=1S/C12H20N2/c1-10-5-6-12(11(2)9-10)14(3)8-4-7-13/h5-6,9H,4,7-8,13H2,1-3H3. The van der Waals surface area contributed by atoms with Crippen molar-refractivity contribution in [2.24, 2.45) is 5.73 Å². The molecule has 0 aromatic heterocycles.